The summed E-state index contributed by atoms with van der Waals surface area (Å²) in [6, 6.07) is -0.507. The summed E-state index contributed by atoms with van der Waals surface area (Å²) in [5.74, 6) is 0.199. The topological polar surface area (TPSA) is 111 Å². The van der Waals surface area contributed by atoms with Crippen molar-refractivity contribution in [3.05, 3.63) is 17.9 Å². The maximum Gasteiger partial charge on any atom is 0.258 e. The van der Waals surface area contributed by atoms with Crippen LogP contribution in [-0.4, -0.2) is 48.7 Å². The molecular weight excluding hydrogens is 272 g/mol. The molecule has 2 aromatic rings. The van der Waals surface area contributed by atoms with E-state index in [9.17, 15) is 4.79 Å². The lowest BCUT2D eigenvalue weighted by Gasteiger charge is -2.12. The lowest BCUT2D eigenvalue weighted by atomic mass is 10.3. The molecule has 0 fully saturated rings. The zero-order valence-electron chi connectivity index (χ0n) is 10.2. The van der Waals surface area contributed by atoms with Crippen LogP contribution >= 0.6 is 11.6 Å². The van der Waals surface area contributed by atoms with Gasteiger partial charge in [0, 0.05) is 7.05 Å². The second-order valence-electron chi connectivity index (χ2n) is 3.55. The molecule has 9 nitrogen and oxygen atoms in total. The van der Waals surface area contributed by atoms with Crippen LogP contribution in [0.15, 0.2) is 12.7 Å². The first-order valence-corrected chi connectivity index (χ1v) is 5.72. The molecule has 1 unspecified atom stereocenters. The monoisotopic (exact) mass is 282 g/mol. The first-order chi connectivity index (χ1) is 9.10. The Hall–Kier alpha value is -2.29. The molecule has 0 aliphatic heterocycles. The van der Waals surface area contributed by atoms with Gasteiger partial charge in [-0.1, -0.05) is 0 Å². The summed E-state index contributed by atoms with van der Waals surface area (Å²) in [6.07, 6.45) is 2.77. The Bertz CT molecular complexity index is 572. The molecule has 0 saturated carbocycles. The van der Waals surface area contributed by atoms with E-state index in [0.29, 0.717) is 0 Å². The summed E-state index contributed by atoms with van der Waals surface area (Å²) in [5.41, 5.74) is 0. The first-order valence-electron chi connectivity index (χ1n) is 5.35. The van der Waals surface area contributed by atoms with Gasteiger partial charge in [0.05, 0.1) is 0 Å². The smallest absolute Gasteiger partial charge is 0.258 e. The predicted octanol–water partition coefficient (Wildman–Crippen LogP) is -0.348. The summed E-state index contributed by atoms with van der Waals surface area (Å²) in [6.45, 7) is 1.67. The van der Waals surface area contributed by atoms with E-state index >= 15 is 0 Å². The average Bonchev–Trinajstić information content (AvgIpc) is 2.90. The maximum absolute atomic E-state index is 11.4. The molecule has 1 amide bonds. The Morgan fingerprint density at radius 2 is 2.21 bits per heavy atom. The van der Waals surface area contributed by atoms with Crippen molar-refractivity contribution >= 4 is 23.5 Å². The number of aromatic nitrogens is 6. The zero-order chi connectivity index (χ0) is 13.8. The first kappa shape index (κ1) is 13.1. The molecule has 2 rings (SSSR count). The van der Waals surface area contributed by atoms with Crippen molar-refractivity contribution in [2.75, 3.05) is 12.4 Å². The van der Waals surface area contributed by atoms with Gasteiger partial charge in [-0.3, -0.25) is 4.79 Å². The molecule has 2 heterocycles. The van der Waals surface area contributed by atoms with Crippen LogP contribution in [-0.2, 0) is 4.79 Å². The van der Waals surface area contributed by atoms with Crippen LogP contribution in [0.2, 0.25) is 5.28 Å². The van der Waals surface area contributed by atoms with E-state index in [-0.39, 0.29) is 23.1 Å². The van der Waals surface area contributed by atoms with E-state index in [4.69, 9.17) is 11.6 Å². The maximum atomic E-state index is 11.4. The number of nitrogens with zero attached hydrogens (tertiary/aromatic N) is 6. The molecule has 0 radical (unpaired) electrons. The average molecular weight is 283 g/mol. The summed E-state index contributed by atoms with van der Waals surface area (Å²) in [7, 11) is 1.54. The Kier molecular flexibility index (Phi) is 3.85. The lowest BCUT2D eigenvalue weighted by Crippen LogP contribution is -2.35. The van der Waals surface area contributed by atoms with Gasteiger partial charge in [-0.15, -0.1) is 0 Å². The van der Waals surface area contributed by atoms with Crippen molar-refractivity contribution in [1.29, 1.82) is 0 Å². The number of hydrogen-bond acceptors (Lipinski definition) is 7. The molecular formula is C9H11ClN8O. The fourth-order valence-electron chi connectivity index (χ4n) is 1.29. The summed E-state index contributed by atoms with van der Waals surface area (Å²) in [5, 5.41) is 9.20. The van der Waals surface area contributed by atoms with Gasteiger partial charge in [0.1, 0.15) is 18.7 Å². The van der Waals surface area contributed by atoms with Crippen molar-refractivity contribution in [2.24, 2.45) is 0 Å². The number of likely N-dealkylation sites (N-methyl/N-ethyl adjacent to an activating group) is 1. The zero-order valence-corrected chi connectivity index (χ0v) is 11.0. The van der Waals surface area contributed by atoms with E-state index in [0.717, 1.165) is 0 Å². The molecule has 0 aliphatic rings. The number of hydrogen-bond donors (Lipinski definition) is 2. The van der Waals surface area contributed by atoms with Gasteiger partial charge in [-0.25, -0.2) is 4.98 Å². The molecule has 10 heteroatoms. The molecule has 0 spiro atoms. The fourth-order valence-corrected chi connectivity index (χ4v) is 1.45. The highest BCUT2D eigenvalue weighted by Gasteiger charge is 2.14. The standard InChI is InChI=1S/C9H11ClN8O/c1-5(6(19)11-2)14-8-15-7(10)16-9(17-8)18-4-12-3-13-18/h3-5H,1-2H3,(H,11,19)(H,14,15,16,17). The van der Waals surface area contributed by atoms with Crippen molar-refractivity contribution in [1.82, 2.24) is 35.0 Å². The number of carbonyl (C=O) groups is 1. The van der Waals surface area contributed by atoms with Gasteiger partial charge < -0.3 is 10.6 Å². The molecule has 0 aliphatic carbocycles. The van der Waals surface area contributed by atoms with E-state index in [1.54, 1.807) is 14.0 Å². The summed E-state index contributed by atoms with van der Waals surface area (Å²) < 4.78 is 1.34. The number of carbonyl (C=O) groups excluding carboxylic acids is 1. The number of halogens is 1. The SMILES string of the molecule is CNC(=O)C(C)Nc1nc(Cl)nc(-n2cncn2)n1. The van der Waals surface area contributed by atoms with Gasteiger partial charge >= 0.3 is 0 Å². The molecule has 2 aromatic heterocycles. The number of amides is 1. The van der Waals surface area contributed by atoms with E-state index in [1.807, 2.05) is 0 Å². The molecule has 1 atom stereocenters. The number of anilines is 1. The summed E-state index contributed by atoms with van der Waals surface area (Å²) in [4.78, 5) is 27.1. The fraction of sp³-hybridized carbons (Fsp3) is 0.333. The van der Waals surface area contributed by atoms with Gasteiger partial charge in [0.2, 0.25) is 17.1 Å². The Morgan fingerprint density at radius 3 is 2.84 bits per heavy atom. The predicted molar refractivity (Wildman–Crippen MR) is 66.9 cm³/mol. The highest BCUT2D eigenvalue weighted by atomic mass is 35.5. The number of rotatable bonds is 4. The van der Waals surface area contributed by atoms with Crippen molar-refractivity contribution in [3.8, 4) is 5.95 Å². The number of nitrogens with one attached hydrogen (secondary N) is 2. The second-order valence-corrected chi connectivity index (χ2v) is 3.89. The Morgan fingerprint density at radius 1 is 1.42 bits per heavy atom. The van der Waals surface area contributed by atoms with Gasteiger partial charge in [-0.2, -0.15) is 24.7 Å². The van der Waals surface area contributed by atoms with Crippen LogP contribution in [0.4, 0.5) is 5.95 Å². The minimum Gasteiger partial charge on any atom is -0.357 e. The van der Waals surface area contributed by atoms with E-state index in [2.05, 4.69) is 35.7 Å². The highest BCUT2D eigenvalue weighted by molar-refractivity contribution is 6.28. The summed E-state index contributed by atoms with van der Waals surface area (Å²) >= 11 is 5.80. The van der Waals surface area contributed by atoms with E-state index in [1.165, 1.54) is 17.3 Å². The molecule has 0 aromatic carbocycles. The lowest BCUT2D eigenvalue weighted by molar-refractivity contribution is -0.121. The quantitative estimate of drug-likeness (QED) is 0.788. The van der Waals surface area contributed by atoms with Crippen molar-refractivity contribution in [3.63, 3.8) is 0 Å². The third-order valence-electron chi connectivity index (χ3n) is 2.21. The van der Waals surface area contributed by atoms with E-state index < -0.39 is 6.04 Å². The Balaban J connectivity index is 2.25. The largest absolute Gasteiger partial charge is 0.357 e. The molecule has 19 heavy (non-hydrogen) atoms. The van der Waals surface area contributed by atoms with Gasteiger partial charge in [0.25, 0.3) is 5.95 Å². The van der Waals surface area contributed by atoms with Gasteiger partial charge in [-0.05, 0) is 18.5 Å². The van der Waals surface area contributed by atoms with Crippen LogP contribution in [0, 0.1) is 0 Å². The minimum atomic E-state index is -0.507. The van der Waals surface area contributed by atoms with Crippen molar-refractivity contribution in [2.45, 2.75) is 13.0 Å². The third kappa shape index (κ3) is 3.13. The minimum absolute atomic E-state index is 0.00731. The van der Waals surface area contributed by atoms with Gasteiger partial charge in [0.15, 0.2) is 0 Å². The normalized spacial score (nSPS) is 11.9. The Labute approximate surface area is 113 Å². The highest BCUT2D eigenvalue weighted by Crippen LogP contribution is 2.09. The van der Waals surface area contributed by atoms with Crippen LogP contribution in [0.5, 0.6) is 0 Å². The second kappa shape index (κ2) is 5.57. The van der Waals surface area contributed by atoms with Crippen LogP contribution in [0.1, 0.15) is 6.92 Å². The molecule has 100 valence electrons. The molecule has 0 bridgehead atoms. The third-order valence-corrected chi connectivity index (χ3v) is 2.37. The van der Waals surface area contributed by atoms with Crippen LogP contribution in [0.25, 0.3) is 5.95 Å². The van der Waals surface area contributed by atoms with Crippen molar-refractivity contribution < 1.29 is 4.79 Å². The molecule has 0 saturated heterocycles. The van der Waals surface area contributed by atoms with Crippen LogP contribution < -0.4 is 10.6 Å². The molecule has 2 N–H and O–H groups in total. The van der Waals surface area contributed by atoms with Crippen LogP contribution in [0.3, 0.4) is 0 Å².